The fraction of sp³-hybridized carbons (Fsp3) is 0.308. The predicted octanol–water partition coefficient (Wildman–Crippen LogP) is 0.971. The summed E-state index contributed by atoms with van der Waals surface area (Å²) in [6, 6.07) is 3.30. The van der Waals surface area contributed by atoms with E-state index in [0.29, 0.717) is 17.3 Å². The van der Waals surface area contributed by atoms with Crippen LogP contribution < -0.4 is 16.2 Å². The molecule has 0 atom stereocenters. The molecule has 0 aromatic carbocycles. The van der Waals surface area contributed by atoms with Crippen molar-refractivity contribution in [2.75, 3.05) is 25.5 Å². The normalized spacial score (nSPS) is 10.5. The number of aromatic nitrogens is 3. The Kier molecular flexibility index (Phi) is 5.09. The van der Waals surface area contributed by atoms with Crippen molar-refractivity contribution in [3.63, 3.8) is 0 Å². The average Bonchev–Trinajstić information content (AvgIpc) is 2.44. The second-order valence-corrected chi connectivity index (χ2v) is 4.64. The summed E-state index contributed by atoms with van der Waals surface area (Å²) in [6.07, 6.45) is 4.82. The lowest BCUT2D eigenvalue weighted by atomic mass is 10.3. The molecule has 2 aromatic heterocycles. The summed E-state index contributed by atoms with van der Waals surface area (Å²) in [5.74, 6) is 0. The fourth-order valence-electron chi connectivity index (χ4n) is 1.67. The van der Waals surface area contributed by atoms with Gasteiger partial charge in [0.1, 0.15) is 0 Å². The average molecular weight is 294 g/mol. The third-order valence-corrected chi connectivity index (χ3v) is 3.09. The van der Waals surface area contributed by atoms with Crippen molar-refractivity contribution in [3.8, 4) is 0 Å². The number of anilines is 1. The molecule has 0 amide bonds. The van der Waals surface area contributed by atoms with Crippen LogP contribution in [-0.4, -0.2) is 34.9 Å². The van der Waals surface area contributed by atoms with Crippen LogP contribution in [0.3, 0.4) is 0 Å². The minimum Gasteiger partial charge on any atom is -0.382 e. The van der Waals surface area contributed by atoms with E-state index >= 15 is 0 Å². The second-order valence-electron chi connectivity index (χ2n) is 4.24. The smallest absolute Gasteiger partial charge is 0.269 e. The van der Waals surface area contributed by atoms with Crippen molar-refractivity contribution >= 4 is 17.3 Å². The van der Waals surface area contributed by atoms with Gasteiger partial charge in [-0.2, -0.15) is 5.10 Å². The van der Waals surface area contributed by atoms with Crippen molar-refractivity contribution in [2.24, 2.45) is 0 Å². The first-order valence-corrected chi connectivity index (χ1v) is 6.62. The Balaban J connectivity index is 2.10. The van der Waals surface area contributed by atoms with Gasteiger partial charge in [-0.1, -0.05) is 11.6 Å². The number of hydrogen-bond donors (Lipinski definition) is 2. The third-order valence-electron chi connectivity index (χ3n) is 2.75. The van der Waals surface area contributed by atoms with Crippen LogP contribution in [0.15, 0.2) is 35.5 Å². The molecule has 0 aliphatic carbocycles. The SMILES string of the molecule is CNCCNc1cnn(Cc2ccncc2Cl)c(=O)c1. The maximum Gasteiger partial charge on any atom is 0.269 e. The number of halogens is 1. The van der Waals surface area contributed by atoms with Gasteiger partial charge in [0.2, 0.25) is 0 Å². The molecule has 0 saturated heterocycles. The topological polar surface area (TPSA) is 71.8 Å². The van der Waals surface area contributed by atoms with E-state index in [4.69, 9.17) is 11.6 Å². The quantitative estimate of drug-likeness (QED) is 0.777. The molecule has 106 valence electrons. The Labute approximate surface area is 121 Å². The molecule has 2 heterocycles. The first kappa shape index (κ1) is 14.5. The molecule has 0 unspecified atom stereocenters. The van der Waals surface area contributed by atoms with Gasteiger partial charge in [-0.15, -0.1) is 0 Å². The van der Waals surface area contributed by atoms with Crippen LogP contribution in [0.5, 0.6) is 0 Å². The molecule has 2 aromatic rings. The van der Waals surface area contributed by atoms with Gasteiger partial charge in [-0.25, -0.2) is 4.68 Å². The van der Waals surface area contributed by atoms with E-state index < -0.39 is 0 Å². The zero-order valence-corrected chi connectivity index (χ0v) is 11.9. The number of hydrogen-bond acceptors (Lipinski definition) is 5. The molecular formula is C13H16ClN5O. The van der Waals surface area contributed by atoms with Gasteiger partial charge < -0.3 is 10.6 Å². The van der Waals surface area contributed by atoms with E-state index in [1.165, 1.54) is 10.7 Å². The lowest BCUT2D eigenvalue weighted by Gasteiger charge is -2.08. The maximum atomic E-state index is 12.0. The molecule has 2 rings (SSSR count). The Morgan fingerprint density at radius 1 is 1.35 bits per heavy atom. The predicted molar refractivity (Wildman–Crippen MR) is 79.3 cm³/mol. The van der Waals surface area contributed by atoms with Crippen molar-refractivity contribution in [3.05, 3.63) is 51.7 Å². The zero-order valence-electron chi connectivity index (χ0n) is 11.1. The lowest BCUT2D eigenvalue weighted by molar-refractivity contribution is 0.639. The highest BCUT2D eigenvalue weighted by Crippen LogP contribution is 2.13. The highest BCUT2D eigenvalue weighted by Gasteiger charge is 2.04. The molecule has 7 heteroatoms. The second kappa shape index (κ2) is 7.02. The van der Waals surface area contributed by atoms with E-state index in [2.05, 4.69) is 20.7 Å². The standard InChI is InChI=1S/C13H16ClN5O/c1-15-4-5-17-11-6-13(20)19(18-7-11)9-10-2-3-16-8-12(10)14/h2-3,6-8,15,17H,4-5,9H2,1H3. The van der Waals surface area contributed by atoms with Gasteiger partial charge in [0.25, 0.3) is 5.56 Å². The van der Waals surface area contributed by atoms with Crippen molar-refractivity contribution in [1.29, 1.82) is 0 Å². The lowest BCUT2D eigenvalue weighted by Crippen LogP contribution is -2.24. The van der Waals surface area contributed by atoms with E-state index in [-0.39, 0.29) is 5.56 Å². The Morgan fingerprint density at radius 3 is 2.90 bits per heavy atom. The van der Waals surface area contributed by atoms with Crippen molar-refractivity contribution in [1.82, 2.24) is 20.1 Å². The maximum absolute atomic E-state index is 12.0. The van der Waals surface area contributed by atoms with Crippen LogP contribution in [0, 0.1) is 0 Å². The van der Waals surface area contributed by atoms with Crippen LogP contribution in [0.25, 0.3) is 0 Å². The van der Waals surface area contributed by atoms with Gasteiger partial charge in [-0.05, 0) is 18.7 Å². The monoisotopic (exact) mass is 293 g/mol. The number of likely N-dealkylation sites (N-methyl/N-ethyl adjacent to an activating group) is 1. The molecule has 2 N–H and O–H groups in total. The van der Waals surface area contributed by atoms with Crippen molar-refractivity contribution < 1.29 is 0 Å². The number of nitrogens with one attached hydrogen (secondary N) is 2. The van der Waals surface area contributed by atoms with Crippen LogP contribution >= 0.6 is 11.6 Å². The molecule has 20 heavy (non-hydrogen) atoms. The zero-order chi connectivity index (χ0) is 14.4. The molecule has 0 bridgehead atoms. The minimum atomic E-state index is -0.174. The molecule has 0 saturated carbocycles. The van der Waals surface area contributed by atoms with E-state index in [9.17, 15) is 4.79 Å². The third kappa shape index (κ3) is 3.79. The Bertz CT molecular complexity index is 628. The number of pyridine rings is 1. The summed E-state index contributed by atoms with van der Waals surface area (Å²) < 4.78 is 1.37. The Hall–Kier alpha value is -1.92. The summed E-state index contributed by atoms with van der Waals surface area (Å²) in [5.41, 5.74) is 1.35. The molecular weight excluding hydrogens is 278 g/mol. The van der Waals surface area contributed by atoms with E-state index in [1.807, 2.05) is 7.05 Å². The molecule has 0 spiro atoms. The van der Waals surface area contributed by atoms with Crippen LogP contribution in [-0.2, 0) is 6.54 Å². The van der Waals surface area contributed by atoms with Crippen LogP contribution in [0.1, 0.15) is 5.56 Å². The largest absolute Gasteiger partial charge is 0.382 e. The summed E-state index contributed by atoms with van der Waals surface area (Å²) in [5, 5.41) is 10.8. The summed E-state index contributed by atoms with van der Waals surface area (Å²) in [6.45, 7) is 1.88. The van der Waals surface area contributed by atoms with Gasteiger partial charge in [0.15, 0.2) is 0 Å². The highest BCUT2D eigenvalue weighted by molar-refractivity contribution is 6.31. The van der Waals surface area contributed by atoms with Gasteiger partial charge in [0.05, 0.1) is 23.5 Å². The van der Waals surface area contributed by atoms with Crippen LogP contribution in [0.4, 0.5) is 5.69 Å². The van der Waals surface area contributed by atoms with E-state index in [0.717, 1.165) is 18.7 Å². The Morgan fingerprint density at radius 2 is 2.20 bits per heavy atom. The van der Waals surface area contributed by atoms with Gasteiger partial charge >= 0.3 is 0 Å². The molecule has 6 nitrogen and oxygen atoms in total. The van der Waals surface area contributed by atoms with Crippen LogP contribution in [0.2, 0.25) is 5.02 Å². The summed E-state index contributed by atoms with van der Waals surface area (Å²) >= 11 is 6.02. The fourth-order valence-corrected chi connectivity index (χ4v) is 1.85. The summed E-state index contributed by atoms with van der Waals surface area (Å²) in [4.78, 5) is 15.9. The highest BCUT2D eigenvalue weighted by atomic mass is 35.5. The number of nitrogens with zero attached hydrogens (tertiary/aromatic N) is 3. The molecule has 0 aliphatic heterocycles. The van der Waals surface area contributed by atoms with E-state index in [1.54, 1.807) is 24.7 Å². The van der Waals surface area contributed by atoms with Gasteiger partial charge in [0, 0.05) is 31.5 Å². The molecule has 0 radical (unpaired) electrons. The van der Waals surface area contributed by atoms with Crippen molar-refractivity contribution in [2.45, 2.75) is 6.54 Å². The summed E-state index contributed by atoms with van der Waals surface area (Å²) in [7, 11) is 1.87. The first-order chi connectivity index (χ1) is 9.70. The number of rotatable bonds is 6. The minimum absolute atomic E-state index is 0.174. The molecule has 0 aliphatic rings. The van der Waals surface area contributed by atoms with Gasteiger partial charge in [-0.3, -0.25) is 9.78 Å². The first-order valence-electron chi connectivity index (χ1n) is 6.24. The molecule has 0 fully saturated rings.